The molecule has 0 saturated carbocycles. The standard InChI is InChI=1S/C17H21N3O3/c1-10-16-15(13(21)9-20(10)8-7-19(2)3)14-11(17(22)23)5-4-6-12(14)18-16/h4-6,10,18H,7-9H2,1-3H3,(H,22,23). The predicted molar refractivity (Wildman–Crippen MR) is 88.1 cm³/mol. The Morgan fingerprint density at radius 1 is 1.43 bits per heavy atom. The first-order valence-electron chi connectivity index (χ1n) is 7.70. The third kappa shape index (κ3) is 2.64. The van der Waals surface area contributed by atoms with Crippen LogP contribution in [0.25, 0.3) is 10.9 Å². The summed E-state index contributed by atoms with van der Waals surface area (Å²) in [6, 6.07) is 5.13. The van der Waals surface area contributed by atoms with Crippen LogP contribution in [0.3, 0.4) is 0 Å². The SMILES string of the molecule is CC1c2[nH]c3cccc(C(=O)O)c3c2C(=O)CN1CCN(C)C. The quantitative estimate of drug-likeness (QED) is 0.902. The van der Waals surface area contributed by atoms with E-state index in [1.165, 1.54) is 0 Å². The molecule has 0 bridgehead atoms. The Bertz CT molecular complexity index is 779. The van der Waals surface area contributed by atoms with Gasteiger partial charge < -0.3 is 15.0 Å². The zero-order valence-corrected chi connectivity index (χ0v) is 13.6. The number of nitrogens with zero attached hydrogens (tertiary/aromatic N) is 2. The molecule has 1 atom stereocenters. The zero-order chi connectivity index (χ0) is 16.7. The molecule has 122 valence electrons. The predicted octanol–water partition coefficient (Wildman–Crippen LogP) is 1.99. The van der Waals surface area contributed by atoms with Gasteiger partial charge in [0.2, 0.25) is 0 Å². The van der Waals surface area contributed by atoms with Crippen molar-refractivity contribution in [1.82, 2.24) is 14.8 Å². The maximum Gasteiger partial charge on any atom is 0.336 e. The first kappa shape index (κ1) is 15.7. The summed E-state index contributed by atoms with van der Waals surface area (Å²) in [6.45, 7) is 4.04. The number of hydrogen-bond donors (Lipinski definition) is 2. The van der Waals surface area contributed by atoms with Crippen LogP contribution in [0.5, 0.6) is 0 Å². The van der Waals surface area contributed by atoms with E-state index >= 15 is 0 Å². The van der Waals surface area contributed by atoms with Crippen molar-refractivity contribution in [3.05, 3.63) is 35.0 Å². The van der Waals surface area contributed by atoms with Crippen LogP contribution < -0.4 is 0 Å². The van der Waals surface area contributed by atoms with Crippen molar-refractivity contribution >= 4 is 22.7 Å². The zero-order valence-electron chi connectivity index (χ0n) is 13.6. The van der Waals surface area contributed by atoms with Crippen molar-refractivity contribution < 1.29 is 14.7 Å². The van der Waals surface area contributed by atoms with Crippen LogP contribution in [-0.2, 0) is 0 Å². The molecule has 1 aromatic heterocycles. The lowest BCUT2D eigenvalue weighted by Crippen LogP contribution is -2.41. The van der Waals surface area contributed by atoms with Crippen molar-refractivity contribution in [3.63, 3.8) is 0 Å². The number of hydrogen-bond acceptors (Lipinski definition) is 4. The van der Waals surface area contributed by atoms with Crippen molar-refractivity contribution in [2.24, 2.45) is 0 Å². The van der Waals surface area contributed by atoms with Crippen molar-refractivity contribution in [3.8, 4) is 0 Å². The van der Waals surface area contributed by atoms with Crippen LogP contribution in [0.2, 0.25) is 0 Å². The van der Waals surface area contributed by atoms with Gasteiger partial charge in [0.1, 0.15) is 0 Å². The Kier molecular flexibility index (Phi) is 3.95. The number of aromatic amines is 1. The van der Waals surface area contributed by atoms with E-state index in [1.54, 1.807) is 12.1 Å². The fraction of sp³-hybridized carbons (Fsp3) is 0.412. The highest BCUT2D eigenvalue weighted by atomic mass is 16.4. The Hall–Kier alpha value is -2.18. The molecule has 6 nitrogen and oxygen atoms in total. The monoisotopic (exact) mass is 315 g/mol. The fourth-order valence-corrected chi connectivity index (χ4v) is 3.23. The lowest BCUT2D eigenvalue weighted by molar-refractivity contribution is 0.0699. The molecule has 2 N–H and O–H groups in total. The number of carbonyl (C=O) groups is 2. The molecule has 0 spiro atoms. The Labute approximate surface area is 134 Å². The van der Waals surface area contributed by atoms with Gasteiger partial charge in [-0.15, -0.1) is 0 Å². The second-order valence-corrected chi connectivity index (χ2v) is 6.32. The highest BCUT2D eigenvalue weighted by Crippen LogP contribution is 2.35. The summed E-state index contributed by atoms with van der Waals surface area (Å²) in [5.41, 5.74) is 2.27. The summed E-state index contributed by atoms with van der Waals surface area (Å²) in [7, 11) is 4.01. The molecule has 0 amide bonds. The first-order chi connectivity index (χ1) is 10.9. The van der Waals surface area contributed by atoms with Gasteiger partial charge in [-0.2, -0.15) is 0 Å². The number of aromatic nitrogens is 1. The average molecular weight is 315 g/mol. The minimum atomic E-state index is -1.01. The normalized spacial score (nSPS) is 18.6. The minimum absolute atomic E-state index is 0.0168. The van der Waals surface area contributed by atoms with Gasteiger partial charge in [0, 0.05) is 41.3 Å². The van der Waals surface area contributed by atoms with Crippen LogP contribution in [0.1, 0.15) is 39.4 Å². The molecule has 2 heterocycles. The van der Waals surface area contributed by atoms with E-state index in [2.05, 4.69) is 21.7 Å². The van der Waals surface area contributed by atoms with Crippen molar-refractivity contribution in [2.75, 3.05) is 33.7 Å². The summed E-state index contributed by atoms with van der Waals surface area (Å²) in [6.07, 6.45) is 0. The molecule has 1 aliphatic rings. The number of Topliss-reactive ketones (excluding diaryl/α,β-unsaturated/α-hetero) is 1. The summed E-state index contributed by atoms with van der Waals surface area (Å²) in [4.78, 5) is 31.6. The number of ketones is 1. The van der Waals surface area contributed by atoms with Gasteiger partial charge in [-0.1, -0.05) is 6.07 Å². The van der Waals surface area contributed by atoms with Gasteiger partial charge in [-0.3, -0.25) is 9.69 Å². The molecule has 0 radical (unpaired) electrons. The molecule has 1 unspecified atom stereocenters. The smallest absolute Gasteiger partial charge is 0.336 e. The van der Waals surface area contributed by atoms with Crippen LogP contribution in [0.15, 0.2) is 18.2 Å². The highest BCUT2D eigenvalue weighted by molar-refractivity contribution is 6.16. The third-order valence-electron chi connectivity index (χ3n) is 4.51. The molecular weight excluding hydrogens is 294 g/mol. The number of rotatable bonds is 4. The van der Waals surface area contributed by atoms with E-state index in [0.717, 1.165) is 18.8 Å². The summed E-state index contributed by atoms with van der Waals surface area (Å²) < 4.78 is 0. The topological polar surface area (TPSA) is 76.6 Å². The molecule has 0 saturated heterocycles. The highest BCUT2D eigenvalue weighted by Gasteiger charge is 2.33. The molecule has 0 fully saturated rings. The molecule has 0 aliphatic carbocycles. The Morgan fingerprint density at radius 2 is 2.17 bits per heavy atom. The van der Waals surface area contributed by atoms with Crippen molar-refractivity contribution in [2.45, 2.75) is 13.0 Å². The number of carboxylic acid groups (broad SMARTS) is 1. The molecule has 1 aromatic carbocycles. The second-order valence-electron chi connectivity index (χ2n) is 6.32. The average Bonchev–Trinajstić information content (AvgIpc) is 2.89. The second kappa shape index (κ2) is 5.79. The number of likely N-dealkylation sites (N-methyl/N-ethyl adjacent to an activating group) is 1. The number of carboxylic acids is 1. The number of carbonyl (C=O) groups excluding carboxylic acids is 1. The molecule has 6 heteroatoms. The lowest BCUT2D eigenvalue weighted by Gasteiger charge is -2.33. The van der Waals surface area contributed by atoms with Gasteiger partial charge in [-0.05, 0) is 33.2 Å². The summed E-state index contributed by atoms with van der Waals surface area (Å²) in [5, 5.41) is 9.95. The molecule has 23 heavy (non-hydrogen) atoms. The van der Waals surface area contributed by atoms with E-state index in [4.69, 9.17) is 0 Å². The Balaban J connectivity index is 2.09. The number of H-pyrrole nitrogens is 1. The van der Waals surface area contributed by atoms with E-state index in [9.17, 15) is 14.7 Å². The van der Waals surface area contributed by atoms with Crippen LogP contribution >= 0.6 is 0 Å². The molecule has 3 rings (SSSR count). The third-order valence-corrected chi connectivity index (χ3v) is 4.51. The number of fused-ring (bicyclic) bond motifs is 3. The maximum atomic E-state index is 12.7. The molecule has 2 aromatic rings. The van der Waals surface area contributed by atoms with E-state index < -0.39 is 5.97 Å². The van der Waals surface area contributed by atoms with Gasteiger partial charge in [0.05, 0.1) is 12.1 Å². The maximum absolute atomic E-state index is 12.7. The largest absolute Gasteiger partial charge is 0.478 e. The number of aromatic carboxylic acids is 1. The van der Waals surface area contributed by atoms with E-state index in [-0.39, 0.29) is 17.4 Å². The fourth-order valence-electron chi connectivity index (χ4n) is 3.23. The van der Waals surface area contributed by atoms with Gasteiger partial charge in [0.25, 0.3) is 0 Å². The summed E-state index contributed by atoms with van der Waals surface area (Å²) in [5.74, 6) is -1.02. The Morgan fingerprint density at radius 3 is 2.83 bits per heavy atom. The van der Waals surface area contributed by atoms with E-state index in [1.807, 2.05) is 20.2 Å². The van der Waals surface area contributed by atoms with Crippen LogP contribution in [0, 0.1) is 0 Å². The summed E-state index contributed by atoms with van der Waals surface area (Å²) >= 11 is 0. The van der Waals surface area contributed by atoms with Crippen LogP contribution in [-0.4, -0.2) is 65.4 Å². The van der Waals surface area contributed by atoms with Crippen LogP contribution in [0.4, 0.5) is 0 Å². The molecular formula is C17H21N3O3. The lowest BCUT2D eigenvalue weighted by atomic mass is 9.95. The van der Waals surface area contributed by atoms with Gasteiger partial charge in [0.15, 0.2) is 5.78 Å². The van der Waals surface area contributed by atoms with Gasteiger partial charge >= 0.3 is 5.97 Å². The van der Waals surface area contributed by atoms with Gasteiger partial charge in [-0.25, -0.2) is 4.79 Å². The first-order valence-corrected chi connectivity index (χ1v) is 7.70. The van der Waals surface area contributed by atoms with Crippen molar-refractivity contribution in [1.29, 1.82) is 0 Å². The minimum Gasteiger partial charge on any atom is -0.478 e. The number of nitrogens with one attached hydrogen (secondary N) is 1. The van der Waals surface area contributed by atoms with E-state index in [0.29, 0.717) is 23.0 Å². The molecule has 1 aliphatic heterocycles. The number of benzene rings is 1.